The number of aromatic amines is 1. The molecular weight excluding hydrogens is 200 g/mol. The number of hydrogen-bond donors (Lipinski definition) is 2. The summed E-state index contributed by atoms with van der Waals surface area (Å²) >= 11 is 4.19. The number of aryl methyl sites for hydroxylation is 1. The van der Waals surface area contributed by atoms with Gasteiger partial charge in [-0.1, -0.05) is 0 Å². The van der Waals surface area contributed by atoms with Gasteiger partial charge in [0.1, 0.15) is 5.82 Å². The molecule has 2 heterocycles. The van der Waals surface area contributed by atoms with Crippen LogP contribution in [0.2, 0.25) is 0 Å². The number of nitrogens with zero attached hydrogens (tertiary/aromatic N) is 3. The normalized spacial score (nSPS) is 22.0. The minimum absolute atomic E-state index is 0.0862. The first-order valence-electron chi connectivity index (χ1n) is 4.51. The van der Waals surface area contributed by atoms with Gasteiger partial charge in [0.2, 0.25) is 5.91 Å². The SMILES string of the molecule is Cc1nc(N2CC(CS)CC2=O)n[nH]1. The number of H-pyrrole nitrogens is 1. The highest BCUT2D eigenvalue weighted by atomic mass is 32.1. The molecule has 1 saturated heterocycles. The zero-order chi connectivity index (χ0) is 10.1. The van der Waals surface area contributed by atoms with Crippen LogP contribution in [0.15, 0.2) is 0 Å². The molecule has 1 unspecified atom stereocenters. The van der Waals surface area contributed by atoms with Crippen LogP contribution in [-0.4, -0.2) is 33.4 Å². The number of rotatable bonds is 2. The van der Waals surface area contributed by atoms with Gasteiger partial charge >= 0.3 is 0 Å². The highest BCUT2D eigenvalue weighted by Crippen LogP contribution is 2.22. The molecule has 1 aromatic heterocycles. The van der Waals surface area contributed by atoms with Gasteiger partial charge in [-0.3, -0.25) is 14.8 Å². The molecule has 1 aliphatic rings. The average Bonchev–Trinajstić information content (AvgIpc) is 2.71. The second-order valence-electron chi connectivity index (χ2n) is 3.48. The number of amides is 1. The number of carbonyl (C=O) groups excluding carboxylic acids is 1. The average molecular weight is 212 g/mol. The molecule has 6 heteroatoms. The fourth-order valence-corrected chi connectivity index (χ4v) is 1.79. The molecule has 0 spiro atoms. The van der Waals surface area contributed by atoms with Crippen molar-refractivity contribution >= 4 is 24.5 Å². The first-order valence-corrected chi connectivity index (χ1v) is 5.14. The van der Waals surface area contributed by atoms with Crippen LogP contribution in [0.25, 0.3) is 0 Å². The summed E-state index contributed by atoms with van der Waals surface area (Å²) in [6, 6.07) is 0. The van der Waals surface area contributed by atoms with Crippen molar-refractivity contribution in [3.63, 3.8) is 0 Å². The Balaban J connectivity index is 2.16. The first-order chi connectivity index (χ1) is 6.70. The Morgan fingerprint density at radius 2 is 2.50 bits per heavy atom. The number of nitrogens with one attached hydrogen (secondary N) is 1. The van der Waals surface area contributed by atoms with Crippen molar-refractivity contribution in [2.75, 3.05) is 17.2 Å². The predicted molar refractivity (Wildman–Crippen MR) is 55.4 cm³/mol. The van der Waals surface area contributed by atoms with E-state index in [1.807, 2.05) is 6.92 Å². The van der Waals surface area contributed by atoms with E-state index in [4.69, 9.17) is 0 Å². The van der Waals surface area contributed by atoms with Crippen LogP contribution in [-0.2, 0) is 4.79 Å². The fraction of sp³-hybridized carbons (Fsp3) is 0.625. The number of aromatic nitrogens is 3. The van der Waals surface area contributed by atoms with Crippen molar-refractivity contribution < 1.29 is 4.79 Å². The number of thiol groups is 1. The molecule has 0 bridgehead atoms. The summed E-state index contributed by atoms with van der Waals surface area (Å²) in [5.74, 6) is 2.35. The molecule has 1 amide bonds. The summed E-state index contributed by atoms with van der Waals surface area (Å²) in [7, 11) is 0. The fourth-order valence-electron chi connectivity index (χ4n) is 1.55. The summed E-state index contributed by atoms with van der Waals surface area (Å²) < 4.78 is 0. The van der Waals surface area contributed by atoms with Gasteiger partial charge in [0, 0.05) is 13.0 Å². The summed E-state index contributed by atoms with van der Waals surface area (Å²) in [5, 5.41) is 6.69. The lowest BCUT2D eigenvalue weighted by molar-refractivity contribution is -0.117. The largest absolute Gasteiger partial charge is 0.279 e. The van der Waals surface area contributed by atoms with E-state index < -0.39 is 0 Å². The molecule has 5 nitrogen and oxygen atoms in total. The minimum Gasteiger partial charge on any atom is -0.279 e. The number of anilines is 1. The van der Waals surface area contributed by atoms with Crippen LogP contribution < -0.4 is 4.90 Å². The van der Waals surface area contributed by atoms with Gasteiger partial charge in [-0.05, 0) is 18.6 Å². The van der Waals surface area contributed by atoms with E-state index in [1.165, 1.54) is 0 Å². The van der Waals surface area contributed by atoms with Gasteiger partial charge in [0.05, 0.1) is 0 Å². The standard InChI is InChI=1S/C8H12N4OS/c1-5-9-8(11-10-5)12-3-6(4-14)2-7(12)13/h6,14H,2-4H2,1H3,(H,9,10,11). The third-order valence-corrected chi connectivity index (χ3v) is 2.81. The van der Waals surface area contributed by atoms with Crippen molar-refractivity contribution in [3.05, 3.63) is 5.82 Å². The molecule has 2 rings (SSSR count). The smallest absolute Gasteiger partial charge is 0.251 e. The summed E-state index contributed by atoms with van der Waals surface area (Å²) in [5.41, 5.74) is 0. The Bertz CT molecular complexity index is 351. The lowest BCUT2D eigenvalue weighted by Gasteiger charge is -2.10. The molecule has 1 atom stereocenters. The minimum atomic E-state index is 0.0862. The highest BCUT2D eigenvalue weighted by molar-refractivity contribution is 7.80. The molecule has 0 aromatic carbocycles. The van der Waals surface area contributed by atoms with Crippen LogP contribution >= 0.6 is 12.6 Å². The molecule has 76 valence electrons. The van der Waals surface area contributed by atoms with Crippen LogP contribution in [0.3, 0.4) is 0 Å². The van der Waals surface area contributed by atoms with Gasteiger partial charge in [-0.25, -0.2) is 0 Å². The van der Waals surface area contributed by atoms with Crippen molar-refractivity contribution in [2.24, 2.45) is 5.92 Å². The predicted octanol–water partition coefficient (Wildman–Crippen LogP) is 0.396. The third kappa shape index (κ3) is 1.61. The van der Waals surface area contributed by atoms with Crippen molar-refractivity contribution in [2.45, 2.75) is 13.3 Å². The maximum absolute atomic E-state index is 11.6. The Labute approximate surface area is 87.3 Å². The van der Waals surface area contributed by atoms with Gasteiger partial charge in [0.15, 0.2) is 0 Å². The van der Waals surface area contributed by atoms with Gasteiger partial charge in [-0.15, -0.1) is 5.10 Å². The Morgan fingerprint density at radius 3 is 3.00 bits per heavy atom. The van der Waals surface area contributed by atoms with E-state index >= 15 is 0 Å². The first kappa shape index (κ1) is 9.51. The Kier molecular flexibility index (Phi) is 2.45. The van der Waals surface area contributed by atoms with Crippen molar-refractivity contribution in [3.8, 4) is 0 Å². The van der Waals surface area contributed by atoms with E-state index in [1.54, 1.807) is 4.90 Å². The maximum Gasteiger partial charge on any atom is 0.251 e. The van der Waals surface area contributed by atoms with E-state index in [-0.39, 0.29) is 5.91 Å². The molecule has 1 N–H and O–H groups in total. The maximum atomic E-state index is 11.6. The molecule has 14 heavy (non-hydrogen) atoms. The highest BCUT2D eigenvalue weighted by Gasteiger charge is 2.31. The topological polar surface area (TPSA) is 61.9 Å². The second kappa shape index (κ2) is 3.61. The zero-order valence-electron chi connectivity index (χ0n) is 7.90. The summed E-state index contributed by atoms with van der Waals surface area (Å²) in [6.07, 6.45) is 0.553. The summed E-state index contributed by atoms with van der Waals surface area (Å²) in [6.45, 7) is 2.49. The monoisotopic (exact) mass is 212 g/mol. The van der Waals surface area contributed by atoms with E-state index in [2.05, 4.69) is 27.8 Å². The zero-order valence-corrected chi connectivity index (χ0v) is 8.79. The Hall–Kier alpha value is -1.04. The van der Waals surface area contributed by atoms with Crippen LogP contribution in [0.4, 0.5) is 5.95 Å². The summed E-state index contributed by atoms with van der Waals surface area (Å²) in [4.78, 5) is 17.3. The lowest BCUT2D eigenvalue weighted by atomic mass is 10.1. The van der Waals surface area contributed by atoms with Crippen LogP contribution in [0.5, 0.6) is 0 Å². The second-order valence-corrected chi connectivity index (χ2v) is 3.84. The molecule has 0 radical (unpaired) electrons. The van der Waals surface area contributed by atoms with Crippen LogP contribution in [0, 0.1) is 12.8 Å². The number of hydrogen-bond acceptors (Lipinski definition) is 4. The van der Waals surface area contributed by atoms with E-state index in [0.717, 1.165) is 11.6 Å². The third-order valence-electron chi connectivity index (χ3n) is 2.29. The molecule has 0 aliphatic carbocycles. The van der Waals surface area contributed by atoms with E-state index in [0.29, 0.717) is 24.8 Å². The van der Waals surface area contributed by atoms with E-state index in [9.17, 15) is 4.79 Å². The lowest BCUT2D eigenvalue weighted by Crippen LogP contribution is -2.25. The molecule has 1 aromatic rings. The van der Waals surface area contributed by atoms with Crippen LogP contribution in [0.1, 0.15) is 12.2 Å². The van der Waals surface area contributed by atoms with Gasteiger partial charge < -0.3 is 0 Å². The van der Waals surface area contributed by atoms with Crippen molar-refractivity contribution in [1.29, 1.82) is 0 Å². The Morgan fingerprint density at radius 1 is 1.71 bits per heavy atom. The molecule has 0 saturated carbocycles. The molecular formula is C8H12N4OS. The van der Waals surface area contributed by atoms with Gasteiger partial charge in [0.25, 0.3) is 5.95 Å². The number of carbonyl (C=O) groups is 1. The van der Waals surface area contributed by atoms with Crippen molar-refractivity contribution in [1.82, 2.24) is 15.2 Å². The molecule has 1 aliphatic heterocycles. The van der Waals surface area contributed by atoms with Gasteiger partial charge in [-0.2, -0.15) is 17.6 Å². The molecule has 1 fully saturated rings. The quantitative estimate of drug-likeness (QED) is 0.697.